The summed E-state index contributed by atoms with van der Waals surface area (Å²) in [6, 6.07) is 8.21. The summed E-state index contributed by atoms with van der Waals surface area (Å²) < 4.78 is 0. The smallest absolute Gasteiger partial charge is 0.335 e. The Bertz CT molecular complexity index is 526. The van der Waals surface area contributed by atoms with Gasteiger partial charge in [0.2, 0.25) is 0 Å². The van der Waals surface area contributed by atoms with Crippen LogP contribution in [-0.4, -0.2) is 16.1 Å². The van der Waals surface area contributed by atoms with Gasteiger partial charge >= 0.3 is 5.97 Å². The van der Waals surface area contributed by atoms with Crippen LogP contribution in [0.2, 0.25) is 5.02 Å². The normalized spacial score (nSPS) is 10.1. The van der Waals surface area contributed by atoms with Crippen LogP contribution in [-0.2, 0) is 0 Å². The van der Waals surface area contributed by atoms with Gasteiger partial charge in [-0.05, 0) is 24.3 Å². The number of rotatable bonds is 2. The molecule has 0 atom stereocenters. The zero-order valence-corrected chi connectivity index (χ0v) is 8.98. The molecule has 80 valence electrons. The van der Waals surface area contributed by atoms with Gasteiger partial charge in [0.05, 0.1) is 5.56 Å². The quantitative estimate of drug-likeness (QED) is 0.867. The summed E-state index contributed by atoms with van der Waals surface area (Å²) in [5.74, 6) is -0.971. The van der Waals surface area contributed by atoms with Gasteiger partial charge in [0.25, 0.3) is 0 Å². The van der Waals surface area contributed by atoms with Gasteiger partial charge < -0.3 is 5.11 Å². The van der Waals surface area contributed by atoms with Crippen LogP contribution in [0.1, 0.15) is 10.4 Å². The highest BCUT2D eigenvalue weighted by Crippen LogP contribution is 2.28. The zero-order valence-electron chi connectivity index (χ0n) is 8.22. The fraction of sp³-hybridized carbons (Fsp3) is 0. The van der Waals surface area contributed by atoms with E-state index >= 15 is 0 Å². The van der Waals surface area contributed by atoms with Gasteiger partial charge in [0.15, 0.2) is 0 Å². The molecule has 2 rings (SSSR count). The van der Waals surface area contributed by atoms with E-state index in [2.05, 4.69) is 4.98 Å². The van der Waals surface area contributed by atoms with E-state index in [-0.39, 0.29) is 5.56 Å². The molecule has 0 aliphatic heterocycles. The van der Waals surface area contributed by atoms with E-state index in [0.717, 1.165) is 5.56 Å². The van der Waals surface area contributed by atoms with E-state index in [0.29, 0.717) is 10.6 Å². The Morgan fingerprint density at radius 1 is 1.31 bits per heavy atom. The fourth-order valence-corrected chi connectivity index (χ4v) is 1.63. The third-order valence-electron chi connectivity index (χ3n) is 2.19. The number of halogens is 1. The molecule has 1 aromatic heterocycles. The maximum atomic E-state index is 10.8. The molecule has 0 aliphatic carbocycles. The molecular formula is C12H8ClNO2. The van der Waals surface area contributed by atoms with Gasteiger partial charge in [-0.15, -0.1) is 0 Å². The van der Waals surface area contributed by atoms with Crippen molar-refractivity contribution in [3.05, 3.63) is 53.3 Å². The van der Waals surface area contributed by atoms with Gasteiger partial charge in [-0.3, -0.25) is 4.98 Å². The molecule has 1 heterocycles. The Morgan fingerprint density at radius 3 is 2.75 bits per heavy atom. The first kappa shape index (κ1) is 10.6. The Hall–Kier alpha value is -1.87. The lowest BCUT2D eigenvalue weighted by atomic mass is 10.0. The first-order chi connectivity index (χ1) is 7.68. The predicted octanol–water partition coefficient (Wildman–Crippen LogP) is 3.10. The Kier molecular flexibility index (Phi) is 2.88. The Morgan fingerprint density at radius 2 is 2.12 bits per heavy atom. The highest BCUT2D eigenvalue weighted by Gasteiger charge is 2.08. The molecule has 3 nitrogen and oxygen atoms in total. The third-order valence-corrected chi connectivity index (χ3v) is 2.52. The first-order valence-corrected chi connectivity index (χ1v) is 4.99. The highest BCUT2D eigenvalue weighted by atomic mass is 35.5. The standard InChI is InChI=1S/C12H8ClNO2/c13-11-4-3-8(12(15)16)6-10(11)9-2-1-5-14-7-9/h1-7H,(H,15,16). The molecule has 1 aromatic carbocycles. The summed E-state index contributed by atoms with van der Waals surface area (Å²) >= 11 is 6.01. The van der Waals surface area contributed by atoms with E-state index in [1.807, 2.05) is 6.07 Å². The largest absolute Gasteiger partial charge is 0.478 e. The van der Waals surface area contributed by atoms with E-state index in [4.69, 9.17) is 16.7 Å². The van der Waals surface area contributed by atoms with Crippen molar-refractivity contribution in [2.45, 2.75) is 0 Å². The molecule has 1 N–H and O–H groups in total. The van der Waals surface area contributed by atoms with Crippen molar-refractivity contribution >= 4 is 17.6 Å². The number of hydrogen-bond acceptors (Lipinski definition) is 2. The molecule has 0 radical (unpaired) electrons. The second-order valence-corrected chi connectivity index (χ2v) is 3.65. The number of benzene rings is 1. The first-order valence-electron chi connectivity index (χ1n) is 4.62. The summed E-state index contributed by atoms with van der Waals surface area (Å²) in [5, 5.41) is 9.40. The molecule has 0 unspecified atom stereocenters. The molecule has 0 amide bonds. The second-order valence-electron chi connectivity index (χ2n) is 3.24. The maximum absolute atomic E-state index is 10.8. The molecular weight excluding hydrogens is 226 g/mol. The number of pyridine rings is 1. The van der Waals surface area contributed by atoms with E-state index in [1.165, 1.54) is 6.07 Å². The van der Waals surface area contributed by atoms with Crippen molar-refractivity contribution in [1.29, 1.82) is 0 Å². The number of aromatic carboxylic acids is 1. The van der Waals surface area contributed by atoms with Crippen LogP contribution >= 0.6 is 11.6 Å². The molecule has 0 saturated carbocycles. The zero-order chi connectivity index (χ0) is 11.5. The van der Waals surface area contributed by atoms with Crippen molar-refractivity contribution in [1.82, 2.24) is 4.98 Å². The topological polar surface area (TPSA) is 50.2 Å². The second kappa shape index (κ2) is 4.33. The third kappa shape index (κ3) is 2.04. The number of hydrogen-bond donors (Lipinski definition) is 1. The molecule has 4 heteroatoms. The van der Waals surface area contributed by atoms with Crippen molar-refractivity contribution in [2.75, 3.05) is 0 Å². The van der Waals surface area contributed by atoms with Gasteiger partial charge in [-0.25, -0.2) is 4.79 Å². The van der Waals surface area contributed by atoms with E-state index in [9.17, 15) is 4.79 Å². The molecule has 2 aromatic rings. The fourth-order valence-electron chi connectivity index (χ4n) is 1.40. The molecule has 0 bridgehead atoms. The minimum atomic E-state index is -0.971. The Balaban J connectivity index is 2.56. The number of carboxylic acids is 1. The highest BCUT2D eigenvalue weighted by molar-refractivity contribution is 6.33. The van der Waals surface area contributed by atoms with Crippen LogP contribution in [0.25, 0.3) is 11.1 Å². The molecule has 0 spiro atoms. The van der Waals surface area contributed by atoms with E-state index in [1.54, 1.807) is 30.6 Å². The minimum absolute atomic E-state index is 0.211. The summed E-state index contributed by atoms with van der Waals surface area (Å²) in [6.45, 7) is 0. The van der Waals surface area contributed by atoms with Gasteiger partial charge in [0, 0.05) is 28.5 Å². The van der Waals surface area contributed by atoms with Crippen LogP contribution < -0.4 is 0 Å². The molecule has 0 saturated heterocycles. The predicted molar refractivity (Wildman–Crippen MR) is 61.6 cm³/mol. The number of carbonyl (C=O) groups is 1. The van der Waals surface area contributed by atoms with Crippen LogP contribution in [0.4, 0.5) is 0 Å². The molecule has 0 fully saturated rings. The summed E-state index contributed by atoms with van der Waals surface area (Å²) in [6.07, 6.45) is 3.30. The van der Waals surface area contributed by atoms with E-state index < -0.39 is 5.97 Å². The maximum Gasteiger partial charge on any atom is 0.335 e. The average molecular weight is 234 g/mol. The van der Waals surface area contributed by atoms with Gasteiger partial charge in [-0.1, -0.05) is 17.7 Å². The lowest BCUT2D eigenvalue weighted by molar-refractivity contribution is 0.0697. The lowest BCUT2D eigenvalue weighted by Crippen LogP contribution is -1.96. The van der Waals surface area contributed by atoms with Gasteiger partial charge in [0.1, 0.15) is 0 Å². The van der Waals surface area contributed by atoms with Crippen molar-refractivity contribution in [2.24, 2.45) is 0 Å². The molecule has 0 aliphatic rings. The van der Waals surface area contributed by atoms with Crippen molar-refractivity contribution in [3.8, 4) is 11.1 Å². The lowest BCUT2D eigenvalue weighted by Gasteiger charge is -2.05. The average Bonchev–Trinajstić information content (AvgIpc) is 2.30. The van der Waals surface area contributed by atoms with Crippen LogP contribution in [0.5, 0.6) is 0 Å². The van der Waals surface area contributed by atoms with Crippen LogP contribution in [0, 0.1) is 0 Å². The van der Waals surface area contributed by atoms with Crippen molar-refractivity contribution < 1.29 is 9.90 Å². The van der Waals surface area contributed by atoms with Crippen LogP contribution in [0.3, 0.4) is 0 Å². The molecule has 16 heavy (non-hydrogen) atoms. The Labute approximate surface area is 97.3 Å². The van der Waals surface area contributed by atoms with Crippen LogP contribution in [0.15, 0.2) is 42.7 Å². The number of aromatic nitrogens is 1. The monoisotopic (exact) mass is 233 g/mol. The number of carboxylic acid groups (broad SMARTS) is 1. The SMILES string of the molecule is O=C(O)c1ccc(Cl)c(-c2cccnc2)c1. The summed E-state index contributed by atoms with van der Waals surface area (Å²) in [7, 11) is 0. The minimum Gasteiger partial charge on any atom is -0.478 e. The summed E-state index contributed by atoms with van der Waals surface area (Å²) in [4.78, 5) is 14.8. The number of nitrogens with zero attached hydrogens (tertiary/aromatic N) is 1. The van der Waals surface area contributed by atoms with Gasteiger partial charge in [-0.2, -0.15) is 0 Å². The summed E-state index contributed by atoms with van der Waals surface area (Å²) in [5.41, 5.74) is 1.69. The van der Waals surface area contributed by atoms with Crippen molar-refractivity contribution in [3.63, 3.8) is 0 Å².